The van der Waals surface area contributed by atoms with E-state index in [-0.39, 0.29) is 0 Å². The van der Waals surface area contributed by atoms with E-state index in [2.05, 4.69) is 13.2 Å². The molecule has 1 aliphatic heterocycles. The number of hydrogen-bond donors (Lipinski definition) is 3. The number of rotatable bonds is 2. The summed E-state index contributed by atoms with van der Waals surface area (Å²) < 4.78 is 9.81. The second-order valence-corrected chi connectivity index (χ2v) is 6.21. The zero-order valence-corrected chi connectivity index (χ0v) is 12.0. The van der Waals surface area contributed by atoms with Gasteiger partial charge in [0.25, 0.3) is 0 Å². The number of hydrogen-bond acceptors (Lipinski definition) is 3. The predicted octanol–water partition coefficient (Wildman–Crippen LogP) is 4.22. The fraction of sp³-hybridized carbons (Fsp3) is 0. The molecule has 0 saturated heterocycles. The van der Waals surface area contributed by atoms with E-state index in [4.69, 9.17) is 28.9 Å². The first kappa shape index (κ1) is 12.7. The Morgan fingerprint density at radius 2 is 1.63 bits per heavy atom. The third-order valence-corrected chi connectivity index (χ3v) is 4.46. The number of halogens is 2. The van der Waals surface area contributed by atoms with E-state index in [0.29, 0.717) is 15.7 Å². The summed E-state index contributed by atoms with van der Waals surface area (Å²) in [5.74, 6) is 0. The summed E-state index contributed by atoms with van der Waals surface area (Å²) in [6.07, 6.45) is 0. The molecule has 1 radical (unpaired) electrons. The second-order valence-electron chi connectivity index (χ2n) is 3.85. The molecule has 7 heteroatoms. The molecule has 4 nitrogen and oxygen atoms in total. The maximum atomic E-state index is 7.85. The quantitative estimate of drug-likeness (QED) is 0.718. The van der Waals surface area contributed by atoms with Crippen molar-refractivity contribution in [3.05, 3.63) is 46.4 Å². The van der Waals surface area contributed by atoms with E-state index in [1.54, 1.807) is 18.2 Å². The van der Waals surface area contributed by atoms with E-state index in [0.717, 1.165) is 17.1 Å². The Morgan fingerprint density at radius 3 is 2.42 bits per heavy atom. The Balaban J connectivity index is 1.77. The molecule has 1 aliphatic rings. The Hall–Kier alpha value is -1.29. The van der Waals surface area contributed by atoms with Gasteiger partial charge in [0, 0.05) is 0 Å². The van der Waals surface area contributed by atoms with Crippen LogP contribution >= 0.6 is 23.2 Å². The third-order valence-electron chi connectivity index (χ3n) is 2.46. The van der Waals surface area contributed by atoms with Gasteiger partial charge in [0.05, 0.1) is 0 Å². The molecule has 0 aromatic heterocycles. The van der Waals surface area contributed by atoms with E-state index in [1.165, 1.54) is 0 Å². The average Bonchev–Trinajstić information content (AvgIpc) is 2.74. The molecule has 0 unspecified atom stereocenters. The van der Waals surface area contributed by atoms with Crippen molar-refractivity contribution in [3.8, 4) is 0 Å². The van der Waals surface area contributed by atoms with Crippen LogP contribution < -0.4 is 18.9 Å². The van der Waals surface area contributed by atoms with Crippen LogP contribution in [0.25, 0.3) is 0 Å². The molecule has 4 N–H and O–H groups in total. The second kappa shape index (κ2) is 5.01. The van der Waals surface area contributed by atoms with Crippen LogP contribution in [-0.2, 0) is 14.1 Å². The van der Waals surface area contributed by atoms with Crippen LogP contribution in [0.1, 0.15) is 0 Å². The normalized spacial score (nSPS) is 14.5. The number of nitrogens with one attached hydrogen (secondary N) is 4. The Bertz CT molecular complexity index is 635. The first-order valence-corrected chi connectivity index (χ1v) is 7.57. The zero-order chi connectivity index (χ0) is 13.4. The predicted molar refractivity (Wildman–Crippen MR) is 76.5 cm³/mol. The number of fused-ring (bicyclic) bond motifs is 1. The van der Waals surface area contributed by atoms with Crippen LogP contribution in [0.4, 0.5) is 22.7 Å². The van der Waals surface area contributed by atoms with Crippen molar-refractivity contribution in [2.45, 2.75) is 0 Å². The van der Waals surface area contributed by atoms with Crippen LogP contribution in [-0.4, -0.2) is 0 Å². The molecule has 0 atom stereocenters. The summed E-state index contributed by atoms with van der Waals surface area (Å²) in [6.45, 7) is 0. The zero-order valence-electron chi connectivity index (χ0n) is 9.54. The molecule has 2 aromatic rings. The van der Waals surface area contributed by atoms with Gasteiger partial charge in [-0.2, -0.15) is 0 Å². The summed E-state index contributed by atoms with van der Waals surface area (Å²) in [5, 5.41) is 1.25. The molecule has 0 saturated carbocycles. The van der Waals surface area contributed by atoms with E-state index >= 15 is 0 Å². The van der Waals surface area contributed by atoms with Crippen LogP contribution in [0.2, 0.25) is 10.0 Å². The molecule has 102 valence electrons. The van der Waals surface area contributed by atoms with E-state index < -0.39 is 14.1 Å². The van der Waals surface area contributed by atoms with Crippen molar-refractivity contribution >= 4 is 46.0 Å². The molecular formula is C12H10Cl2N4Ni. The van der Waals surface area contributed by atoms with Gasteiger partial charge in [0.15, 0.2) is 0 Å². The van der Waals surface area contributed by atoms with Crippen molar-refractivity contribution in [1.29, 1.82) is 0 Å². The minimum absolute atomic E-state index is 0.362. The Morgan fingerprint density at radius 1 is 0.947 bits per heavy atom. The van der Waals surface area contributed by atoms with Crippen LogP contribution in [0.15, 0.2) is 36.4 Å². The van der Waals surface area contributed by atoms with E-state index in [9.17, 15) is 0 Å². The number of benzene rings is 2. The van der Waals surface area contributed by atoms with Crippen LogP contribution in [0.3, 0.4) is 0 Å². The standard InChI is InChI=1S/2C6H5ClN2.Ni/c2*7-4-1-2-5(8)6(9)3-4;/h2*1-3,8-9H;/q-2;-1;+3. The summed E-state index contributed by atoms with van der Waals surface area (Å²) in [5.41, 5.74) is 10.9. The van der Waals surface area contributed by atoms with Crippen LogP contribution in [0, 0.1) is 0 Å². The molecule has 19 heavy (non-hydrogen) atoms. The fourth-order valence-electron chi connectivity index (χ4n) is 1.55. The third kappa shape index (κ3) is 2.68. The monoisotopic (exact) mass is 338 g/mol. The van der Waals surface area contributed by atoms with Crippen molar-refractivity contribution in [3.63, 3.8) is 0 Å². The summed E-state index contributed by atoms with van der Waals surface area (Å²) in [7, 11) is 0. The van der Waals surface area contributed by atoms with Crippen molar-refractivity contribution in [1.82, 2.24) is 5.73 Å². The Labute approximate surface area is 125 Å². The van der Waals surface area contributed by atoms with Crippen molar-refractivity contribution < 1.29 is 14.1 Å². The first-order chi connectivity index (χ1) is 9.11. The van der Waals surface area contributed by atoms with Gasteiger partial charge in [0.2, 0.25) is 0 Å². The minimum atomic E-state index is -0.617. The molecular weight excluding hydrogens is 330 g/mol. The molecule has 0 bridgehead atoms. The number of anilines is 3. The fourth-order valence-corrected chi connectivity index (χ4v) is 3.51. The van der Waals surface area contributed by atoms with Gasteiger partial charge in [-0.3, -0.25) is 0 Å². The SMILES string of the molecule is [NH]c1cc(Cl)ccc1[NH][Ni]1[NH]c2ccc(Cl)cc2[NH]1. The summed E-state index contributed by atoms with van der Waals surface area (Å²) in [4.78, 5) is 0. The van der Waals surface area contributed by atoms with Gasteiger partial charge in [0.1, 0.15) is 0 Å². The van der Waals surface area contributed by atoms with Gasteiger partial charge in [-0.25, -0.2) is 0 Å². The molecule has 0 spiro atoms. The van der Waals surface area contributed by atoms with Gasteiger partial charge < -0.3 is 0 Å². The topological polar surface area (TPSA) is 59.9 Å². The van der Waals surface area contributed by atoms with Crippen molar-refractivity contribution in [2.75, 3.05) is 13.2 Å². The van der Waals surface area contributed by atoms with Crippen molar-refractivity contribution in [2.24, 2.45) is 0 Å². The van der Waals surface area contributed by atoms with E-state index in [1.807, 2.05) is 18.2 Å². The summed E-state index contributed by atoms with van der Waals surface area (Å²) in [6, 6.07) is 10.8. The average molecular weight is 340 g/mol. The van der Waals surface area contributed by atoms with Gasteiger partial charge >= 0.3 is 125 Å². The van der Waals surface area contributed by atoms with Crippen LogP contribution in [0.5, 0.6) is 0 Å². The Kier molecular flexibility index (Phi) is 3.35. The molecule has 0 aliphatic carbocycles. The van der Waals surface area contributed by atoms with Gasteiger partial charge in [-0.15, -0.1) is 0 Å². The molecule has 0 fully saturated rings. The molecule has 1 heterocycles. The molecule has 3 rings (SSSR count). The molecule has 2 aromatic carbocycles. The molecule has 0 amide bonds. The van der Waals surface area contributed by atoms with Gasteiger partial charge in [-0.1, -0.05) is 0 Å². The van der Waals surface area contributed by atoms with Gasteiger partial charge in [-0.05, 0) is 0 Å². The first-order valence-electron chi connectivity index (χ1n) is 5.33. The summed E-state index contributed by atoms with van der Waals surface area (Å²) >= 11 is 11.2. The maximum absolute atomic E-state index is 7.85.